The lowest BCUT2D eigenvalue weighted by Gasteiger charge is -2.08. The number of rotatable bonds is 2. The fraction of sp³-hybridized carbons (Fsp3) is 0.111. The Balaban J connectivity index is 2.48. The lowest BCUT2D eigenvalue weighted by Crippen LogP contribution is -2.17. The van der Waals surface area contributed by atoms with Crippen LogP contribution in [0.15, 0.2) is 18.2 Å². The fourth-order valence-corrected chi connectivity index (χ4v) is 1.38. The fourth-order valence-electron chi connectivity index (χ4n) is 1.38. The molecule has 0 unspecified atom stereocenters. The Morgan fingerprint density at radius 1 is 1.41 bits per heavy atom. The largest absolute Gasteiger partial charge is 0.573 e. The van der Waals surface area contributed by atoms with Crippen LogP contribution in [0.5, 0.6) is 5.75 Å². The zero-order chi connectivity index (χ0) is 12.6. The van der Waals surface area contributed by atoms with Gasteiger partial charge in [-0.15, -0.1) is 13.2 Å². The molecule has 0 fully saturated rings. The molecule has 0 saturated carbocycles. The third kappa shape index (κ3) is 2.30. The first-order valence-electron chi connectivity index (χ1n) is 4.40. The summed E-state index contributed by atoms with van der Waals surface area (Å²) >= 11 is 0. The van der Waals surface area contributed by atoms with Crippen LogP contribution in [0.25, 0.3) is 10.9 Å². The maximum Gasteiger partial charge on any atom is 0.573 e. The normalized spacial score (nSPS) is 11.7. The van der Waals surface area contributed by atoms with Crippen LogP contribution in [0.1, 0.15) is 10.5 Å². The van der Waals surface area contributed by atoms with Gasteiger partial charge in [0.2, 0.25) is 0 Å². The molecule has 0 spiro atoms. The van der Waals surface area contributed by atoms with E-state index in [9.17, 15) is 18.0 Å². The Hall–Kier alpha value is -2.25. The maximum absolute atomic E-state index is 12.0. The van der Waals surface area contributed by atoms with Gasteiger partial charge in [-0.2, -0.15) is 5.10 Å². The summed E-state index contributed by atoms with van der Waals surface area (Å²) in [5.74, 6) is -1.27. The number of ether oxygens (including phenoxy) is 1. The SMILES string of the molecule is NC(=O)c1n[nH]c2ccc(OC(F)(F)F)cc12. The predicted octanol–water partition coefficient (Wildman–Crippen LogP) is 1.56. The van der Waals surface area contributed by atoms with Crippen molar-refractivity contribution in [1.29, 1.82) is 0 Å². The van der Waals surface area contributed by atoms with E-state index < -0.39 is 18.0 Å². The Morgan fingerprint density at radius 3 is 2.71 bits per heavy atom. The van der Waals surface area contributed by atoms with Gasteiger partial charge in [-0.1, -0.05) is 0 Å². The van der Waals surface area contributed by atoms with Crippen LogP contribution in [0.2, 0.25) is 0 Å². The van der Waals surface area contributed by atoms with E-state index in [1.54, 1.807) is 0 Å². The number of nitrogens with one attached hydrogen (secondary N) is 1. The van der Waals surface area contributed by atoms with Gasteiger partial charge in [0.05, 0.1) is 5.52 Å². The third-order valence-corrected chi connectivity index (χ3v) is 2.00. The van der Waals surface area contributed by atoms with Crippen molar-refractivity contribution in [3.8, 4) is 5.75 Å². The van der Waals surface area contributed by atoms with Crippen LogP contribution in [0, 0.1) is 0 Å². The van der Waals surface area contributed by atoms with Gasteiger partial charge in [-0.25, -0.2) is 0 Å². The summed E-state index contributed by atoms with van der Waals surface area (Å²) in [6.07, 6.45) is -4.79. The second kappa shape index (κ2) is 3.65. The maximum atomic E-state index is 12.0. The first-order valence-corrected chi connectivity index (χ1v) is 4.40. The van der Waals surface area contributed by atoms with Crippen molar-refractivity contribution in [3.63, 3.8) is 0 Å². The molecule has 1 heterocycles. The summed E-state index contributed by atoms with van der Waals surface area (Å²) in [6, 6.07) is 3.47. The quantitative estimate of drug-likeness (QED) is 0.842. The van der Waals surface area contributed by atoms with Crippen molar-refractivity contribution in [3.05, 3.63) is 23.9 Å². The van der Waals surface area contributed by atoms with E-state index in [0.717, 1.165) is 12.1 Å². The smallest absolute Gasteiger partial charge is 0.406 e. The molecule has 17 heavy (non-hydrogen) atoms. The van der Waals surface area contributed by atoms with Gasteiger partial charge in [0.15, 0.2) is 5.69 Å². The lowest BCUT2D eigenvalue weighted by molar-refractivity contribution is -0.274. The second-order valence-corrected chi connectivity index (χ2v) is 3.19. The first-order chi connectivity index (χ1) is 7.87. The standard InChI is InChI=1S/C9H6F3N3O2/c10-9(11,12)17-4-1-2-6-5(3-4)7(8(13)16)15-14-6/h1-3H,(H2,13,16)(H,14,15). The highest BCUT2D eigenvalue weighted by atomic mass is 19.4. The average molecular weight is 245 g/mol. The highest BCUT2D eigenvalue weighted by Gasteiger charge is 2.31. The van der Waals surface area contributed by atoms with E-state index in [4.69, 9.17) is 5.73 Å². The lowest BCUT2D eigenvalue weighted by atomic mass is 10.2. The van der Waals surface area contributed by atoms with Crippen LogP contribution in [-0.4, -0.2) is 22.5 Å². The van der Waals surface area contributed by atoms with E-state index in [2.05, 4.69) is 14.9 Å². The number of nitrogens with two attached hydrogens (primary N) is 1. The van der Waals surface area contributed by atoms with E-state index >= 15 is 0 Å². The molecule has 0 atom stereocenters. The number of carbonyl (C=O) groups excluding carboxylic acids is 1. The number of nitrogens with zero attached hydrogens (tertiary/aromatic N) is 1. The summed E-state index contributed by atoms with van der Waals surface area (Å²) in [4.78, 5) is 10.9. The van der Waals surface area contributed by atoms with Crippen molar-refractivity contribution in [2.75, 3.05) is 0 Å². The molecule has 0 bridgehead atoms. The molecule has 2 rings (SSSR count). The Labute approximate surface area is 92.4 Å². The van der Waals surface area contributed by atoms with Gasteiger partial charge in [0.25, 0.3) is 5.91 Å². The molecule has 0 aliphatic heterocycles. The van der Waals surface area contributed by atoms with Crippen molar-refractivity contribution < 1.29 is 22.7 Å². The summed E-state index contributed by atoms with van der Waals surface area (Å²) in [5.41, 5.74) is 5.28. The molecule has 0 radical (unpaired) electrons. The molecule has 0 saturated heterocycles. The van der Waals surface area contributed by atoms with Crippen molar-refractivity contribution in [2.45, 2.75) is 6.36 Å². The molecule has 8 heteroatoms. The third-order valence-electron chi connectivity index (χ3n) is 2.00. The topological polar surface area (TPSA) is 81.0 Å². The molecule has 1 aromatic heterocycles. The van der Waals surface area contributed by atoms with E-state index in [1.807, 2.05) is 0 Å². The Kier molecular flexibility index (Phi) is 2.41. The molecule has 3 N–H and O–H groups in total. The first kappa shape index (κ1) is 11.2. The molecule has 5 nitrogen and oxygen atoms in total. The Bertz CT molecular complexity index is 576. The second-order valence-electron chi connectivity index (χ2n) is 3.19. The van der Waals surface area contributed by atoms with Gasteiger partial charge in [0, 0.05) is 5.39 Å². The number of halogens is 3. The monoisotopic (exact) mass is 245 g/mol. The number of amides is 1. The summed E-state index contributed by atoms with van der Waals surface area (Å²) in [7, 11) is 0. The van der Waals surface area contributed by atoms with Crippen LogP contribution >= 0.6 is 0 Å². The number of carbonyl (C=O) groups is 1. The average Bonchev–Trinajstić information content (AvgIpc) is 2.57. The number of H-pyrrole nitrogens is 1. The molecule has 0 aliphatic rings. The zero-order valence-corrected chi connectivity index (χ0v) is 8.21. The number of hydrogen-bond donors (Lipinski definition) is 2. The Morgan fingerprint density at radius 2 is 2.12 bits per heavy atom. The minimum absolute atomic E-state index is 0.132. The predicted molar refractivity (Wildman–Crippen MR) is 51.3 cm³/mol. The van der Waals surface area contributed by atoms with E-state index in [-0.39, 0.29) is 11.1 Å². The van der Waals surface area contributed by atoms with Crippen LogP contribution in [0.4, 0.5) is 13.2 Å². The molecule has 1 aromatic carbocycles. The van der Waals surface area contributed by atoms with Crippen molar-refractivity contribution in [2.24, 2.45) is 5.73 Å². The number of alkyl halides is 3. The molecule has 0 aliphatic carbocycles. The zero-order valence-electron chi connectivity index (χ0n) is 8.21. The number of fused-ring (bicyclic) bond motifs is 1. The molecular weight excluding hydrogens is 239 g/mol. The minimum Gasteiger partial charge on any atom is -0.406 e. The van der Waals surface area contributed by atoms with Gasteiger partial charge in [0.1, 0.15) is 5.75 Å². The molecule has 2 aromatic rings. The molecule has 1 amide bonds. The van der Waals surface area contributed by atoms with Crippen LogP contribution < -0.4 is 10.5 Å². The van der Waals surface area contributed by atoms with E-state index in [0.29, 0.717) is 5.52 Å². The van der Waals surface area contributed by atoms with Gasteiger partial charge < -0.3 is 10.5 Å². The minimum atomic E-state index is -4.79. The highest BCUT2D eigenvalue weighted by molar-refractivity contribution is 6.04. The molecule has 90 valence electrons. The highest BCUT2D eigenvalue weighted by Crippen LogP contribution is 2.26. The summed E-state index contributed by atoms with van der Waals surface area (Å²) in [5, 5.41) is 6.25. The summed E-state index contributed by atoms with van der Waals surface area (Å²) < 4.78 is 39.7. The number of primary amides is 1. The molecular formula is C9H6F3N3O2. The number of aromatic amines is 1. The van der Waals surface area contributed by atoms with Crippen molar-refractivity contribution in [1.82, 2.24) is 10.2 Å². The van der Waals surface area contributed by atoms with Gasteiger partial charge >= 0.3 is 6.36 Å². The number of aromatic nitrogens is 2. The van der Waals surface area contributed by atoms with Crippen LogP contribution in [-0.2, 0) is 0 Å². The number of benzene rings is 1. The number of hydrogen-bond acceptors (Lipinski definition) is 3. The van der Waals surface area contributed by atoms with E-state index in [1.165, 1.54) is 6.07 Å². The van der Waals surface area contributed by atoms with Crippen LogP contribution in [0.3, 0.4) is 0 Å². The van der Waals surface area contributed by atoms with Crippen molar-refractivity contribution >= 4 is 16.8 Å². The summed E-state index contributed by atoms with van der Waals surface area (Å²) in [6.45, 7) is 0. The van der Waals surface area contributed by atoms with Gasteiger partial charge in [-0.3, -0.25) is 9.89 Å². The van der Waals surface area contributed by atoms with Gasteiger partial charge in [-0.05, 0) is 18.2 Å².